The summed E-state index contributed by atoms with van der Waals surface area (Å²) < 4.78 is 30.7. The zero-order valence-electron chi connectivity index (χ0n) is 19.2. The van der Waals surface area contributed by atoms with Crippen molar-refractivity contribution in [2.75, 3.05) is 0 Å². The summed E-state index contributed by atoms with van der Waals surface area (Å²) >= 11 is 1.31. The summed E-state index contributed by atoms with van der Waals surface area (Å²) in [4.78, 5) is 17.5. The van der Waals surface area contributed by atoms with Crippen molar-refractivity contribution in [1.29, 1.82) is 5.26 Å². The highest BCUT2D eigenvalue weighted by atomic mass is 32.1. The largest absolute Gasteiger partial charge is 0.336 e. The Kier molecular flexibility index (Phi) is 6.96. The minimum atomic E-state index is -1.87. The number of halogens is 2. The molecular formula is C26H28F2N4OS. The number of nitriles is 1. The Morgan fingerprint density at radius 1 is 1.32 bits per heavy atom. The predicted molar refractivity (Wildman–Crippen MR) is 129 cm³/mol. The van der Waals surface area contributed by atoms with Gasteiger partial charge in [0.1, 0.15) is 16.4 Å². The summed E-state index contributed by atoms with van der Waals surface area (Å²) in [5.41, 5.74) is -1.64. The van der Waals surface area contributed by atoms with Crippen LogP contribution in [0.4, 0.5) is 8.78 Å². The van der Waals surface area contributed by atoms with Gasteiger partial charge in [0.15, 0.2) is 5.67 Å². The maximum absolute atomic E-state index is 16.5. The second-order valence-electron chi connectivity index (χ2n) is 9.44. The van der Waals surface area contributed by atoms with Crippen molar-refractivity contribution in [2.45, 2.75) is 62.8 Å². The molecule has 2 aliphatic rings. The highest BCUT2D eigenvalue weighted by Gasteiger charge is 2.47. The number of carbonyl (C=O) groups is 1. The van der Waals surface area contributed by atoms with Crippen LogP contribution in [0.1, 0.15) is 56.1 Å². The van der Waals surface area contributed by atoms with Crippen molar-refractivity contribution < 1.29 is 13.6 Å². The van der Waals surface area contributed by atoms with Gasteiger partial charge in [-0.25, -0.2) is 13.8 Å². The average molecular weight is 483 g/mol. The first-order valence-electron chi connectivity index (χ1n) is 11.5. The van der Waals surface area contributed by atoms with Gasteiger partial charge < -0.3 is 5.32 Å². The Hall–Kier alpha value is -2.89. The molecule has 0 aliphatic heterocycles. The molecule has 4 rings (SSSR count). The lowest BCUT2D eigenvalue weighted by molar-refractivity contribution is -0.124. The van der Waals surface area contributed by atoms with Gasteiger partial charge in [-0.05, 0) is 42.9 Å². The molecule has 178 valence electrons. The van der Waals surface area contributed by atoms with Gasteiger partial charge in [-0.2, -0.15) is 5.26 Å². The molecule has 0 radical (unpaired) electrons. The Labute approximate surface area is 202 Å². The number of rotatable bonds is 9. The van der Waals surface area contributed by atoms with Gasteiger partial charge in [-0.1, -0.05) is 44.2 Å². The molecule has 3 atom stereocenters. The van der Waals surface area contributed by atoms with Crippen LogP contribution in [0, 0.1) is 23.1 Å². The first kappa shape index (κ1) is 24.2. The predicted octanol–water partition coefficient (Wildman–Crippen LogP) is 5.25. The molecule has 1 saturated carbocycles. The molecule has 2 N–H and O–H groups in total. The van der Waals surface area contributed by atoms with Crippen LogP contribution in [-0.2, 0) is 4.79 Å². The van der Waals surface area contributed by atoms with Crippen molar-refractivity contribution >= 4 is 22.8 Å². The van der Waals surface area contributed by atoms with Crippen LogP contribution in [0.3, 0.4) is 0 Å². The third kappa shape index (κ3) is 5.26. The molecule has 2 aromatic rings. The lowest BCUT2D eigenvalue weighted by atomic mass is 9.84. The Morgan fingerprint density at radius 2 is 2.09 bits per heavy atom. The number of hydrogen-bond donors (Lipinski definition) is 2. The molecular weight excluding hydrogens is 454 g/mol. The normalized spacial score (nSPS) is 22.5. The number of carbonyl (C=O) groups excluding carboxylic acids is 1. The van der Waals surface area contributed by atoms with E-state index in [1.54, 1.807) is 41.9 Å². The van der Waals surface area contributed by atoms with Gasteiger partial charge in [0.05, 0.1) is 18.2 Å². The topological polar surface area (TPSA) is 77.8 Å². The molecule has 0 bridgehead atoms. The van der Waals surface area contributed by atoms with Gasteiger partial charge in [0.2, 0.25) is 5.91 Å². The molecule has 1 fully saturated rings. The van der Waals surface area contributed by atoms with E-state index in [4.69, 9.17) is 0 Å². The quantitative estimate of drug-likeness (QED) is 0.512. The molecule has 1 aromatic carbocycles. The second kappa shape index (κ2) is 9.77. The molecule has 8 heteroatoms. The number of amides is 1. The van der Waals surface area contributed by atoms with Gasteiger partial charge in [0.25, 0.3) is 0 Å². The smallest absolute Gasteiger partial charge is 0.238 e. The van der Waals surface area contributed by atoms with Crippen LogP contribution in [0.2, 0.25) is 0 Å². The van der Waals surface area contributed by atoms with Crippen LogP contribution in [-0.4, -0.2) is 28.1 Å². The van der Waals surface area contributed by atoms with E-state index in [2.05, 4.69) is 21.7 Å². The molecule has 1 heterocycles. The summed E-state index contributed by atoms with van der Waals surface area (Å²) in [7, 11) is 0. The number of aromatic nitrogens is 1. The first-order chi connectivity index (χ1) is 16.3. The highest BCUT2D eigenvalue weighted by molar-refractivity contribution is 7.09. The molecule has 1 unspecified atom stereocenters. The maximum atomic E-state index is 16.5. The van der Waals surface area contributed by atoms with E-state index >= 15 is 4.39 Å². The van der Waals surface area contributed by atoms with Gasteiger partial charge in [0, 0.05) is 23.6 Å². The summed E-state index contributed by atoms with van der Waals surface area (Å²) in [5, 5.41) is 17.8. The summed E-state index contributed by atoms with van der Waals surface area (Å²) in [6, 6.07) is 7.00. The van der Waals surface area contributed by atoms with Crippen molar-refractivity contribution in [3.05, 3.63) is 70.5 Å². The maximum Gasteiger partial charge on any atom is 0.238 e. The van der Waals surface area contributed by atoms with E-state index in [1.807, 2.05) is 13.8 Å². The zero-order chi connectivity index (χ0) is 24.3. The molecule has 1 aromatic heterocycles. The second-order valence-corrected chi connectivity index (χ2v) is 10.4. The number of nitrogens with one attached hydrogen (secondary N) is 2. The molecule has 0 saturated heterocycles. The number of benzene rings is 1. The van der Waals surface area contributed by atoms with E-state index < -0.39 is 23.3 Å². The van der Waals surface area contributed by atoms with Crippen LogP contribution < -0.4 is 10.6 Å². The molecule has 5 nitrogen and oxygen atoms in total. The number of allylic oxidation sites excluding steroid dienone is 3. The summed E-state index contributed by atoms with van der Waals surface area (Å²) in [5.74, 6) is -0.498. The van der Waals surface area contributed by atoms with Crippen molar-refractivity contribution in [2.24, 2.45) is 5.92 Å². The Balaban J connectivity index is 1.59. The number of thiazole rings is 1. The van der Waals surface area contributed by atoms with E-state index in [0.717, 1.165) is 0 Å². The minimum absolute atomic E-state index is 0.00254. The fourth-order valence-corrected chi connectivity index (χ4v) is 4.95. The Morgan fingerprint density at radius 3 is 2.65 bits per heavy atom. The summed E-state index contributed by atoms with van der Waals surface area (Å²) in [6.07, 6.45) is 8.06. The standard InChI is InChI=1S/C26H28F2N4OS/c1-17(2)15-21(23(33)32-25(16-29)11-12-25)31-22(24-30-13-14-34-24)26(28)9-7-18(8-10-26)19-5-3-4-6-20(19)27/h3-9,13-14,17,21-22,31H,10-12,15H2,1-2H3,(H,32,33)/t21-,22+,26?/m0/s1. The minimum Gasteiger partial charge on any atom is -0.336 e. The molecule has 34 heavy (non-hydrogen) atoms. The van der Waals surface area contributed by atoms with E-state index in [1.165, 1.54) is 23.5 Å². The number of nitrogens with zero attached hydrogens (tertiary/aromatic N) is 2. The number of hydrogen-bond acceptors (Lipinski definition) is 5. The van der Waals surface area contributed by atoms with Crippen LogP contribution in [0.25, 0.3) is 5.57 Å². The van der Waals surface area contributed by atoms with E-state index in [9.17, 15) is 14.4 Å². The van der Waals surface area contributed by atoms with E-state index in [-0.39, 0.29) is 24.1 Å². The lowest BCUT2D eigenvalue weighted by Crippen LogP contribution is -2.53. The van der Waals surface area contributed by atoms with Crippen LogP contribution in [0.5, 0.6) is 0 Å². The van der Waals surface area contributed by atoms with Crippen molar-refractivity contribution in [1.82, 2.24) is 15.6 Å². The lowest BCUT2D eigenvalue weighted by Gasteiger charge is -2.35. The van der Waals surface area contributed by atoms with Crippen LogP contribution in [0.15, 0.2) is 54.1 Å². The first-order valence-corrected chi connectivity index (χ1v) is 12.4. The SMILES string of the molecule is CC(C)C[C@H](N[C@H](c1nccs1)C1(F)C=CC(c2ccccc2F)=CC1)C(=O)NC1(C#N)CC1. The molecule has 1 amide bonds. The van der Waals surface area contributed by atoms with Gasteiger partial charge in [-0.3, -0.25) is 10.1 Å². The Bertz CT molecular complexity index is 1130. The van der Waals surface area contributed by atoms with Gasteiger partial charge >= 0.3 is 0 Å². The molecule has 0 spiro atoms. The van der Waals surface area contributed by atoms with Gasteiger partial charge in [-0.15, -0.1) is 11.3 Å². The van der Waals surface area contributed by atoms with Crippen molar-refractivity contribution in [3.8, 4) is 6.07 Å². The fraction of sp³-hybridized carbons (Fsp3) is 0.423. The van der Waals surface area contributed by atoms with Crippen LogP contribution >= 0.6 is 11.3 Å². The van der Waals surface area contributed by atoms with Crippen molar-refractivity contribution in [3.63, 3.8) is 0 Å². The highest BCUT2D eigenvalue weighted by Crippen LogP contribution is 2.41. The number of alkyl halides is 1. The monoisotopic (exact) mass is 482 g/mol. The average Bonchev–Trinajstić information content (AvgIpc) is 3.37. The zero-order valence-corrected chi connectivity index (χ0v) is 20.0. The summed E-state index contributed by atoms with van der Waals surface area (Å²) in [6.45, 7) is 3.99. The third-order valence-corrected chi connectivity index (χ3v) is 7.10. The third-order valence-electron chi connectivity index (χ3n) is 6.26. The fourth-order valence-electron chi connectivity index (χ4n) is 4.17. The molecule has 2 aliphatic carbocycles. The van der Waals surface area contributed by atoms with E-state index in [0.29, 0.717) is 35.4 Å².